The minimum absolute atomic E-state index is 0.181. The van der Waals surface area contributed by atoms with Crippen LogP contribution in [0.5, 0.6) is 0 Å². The molecule has 0 aromatic carbocycles. The predicted molar refractivity (Wildman–Crippen MR) is 76.0 cm³/mol. The molecule has 2 rings (SSSR count). The molecule has 1 aliphatic heterocycles. The second-order valence-corrected chi connectivity index (χ2v) is 5.44. The molecule has 1 amide bonds. The smallest absolute Gasteiger partial charge is 0.271 e. The number of aliphatic hydroxyl groups excluding tert-OH is 1. The van der Waals surface area contributed by atoms with Gasteiger partial charge in [-0.1, -0.05) is 11.8 Å². The molecule has 1 aromatic heterocycles. The fourth-order valence-electron chi connectivity index (χ4n) is 1.92. The van der Waals surface area contributed by atoms with Crippen LogP contribution < -0.4 is 5.32 Å². The number of amides is 1. The third-order valence-corrected chi connectivity index (χ3v) is 3.93. The number of nitrogens with one attached hydrogen (secondary N) is 1. The number of thioether (sulfide) groups is 1. The molecule has 0 aliphatic carbocycles. The van der Waals surface area contributed by atoms with Crippen molar-refractivity contribution in [1.82, 2.24) is 10.3 Å². The van der Waals surface area contributed by atoms with Gasteiger partial charge in [-0.3, -0.25) is 4.79 Å². The Morgan fingerprint density at radius 2 is 2.32 bits per heavy atom. The minimum Gasteiger partial charge on any atom is -0.384 e. The summed E-state index contributed by atoms with van der Waals surface area (Å²) in [6.07, 6.45) is 3.58. The molecular formula is C14H16N2O2S. The Labute approximate surface area is 117 Å². The van der Waals surface area contributed by atoms with Gasteiger partial charge in [-0.05, 0) is 36.5 Å². The van der Waals surface area contributed by atoms with Crippen molar-refractivity contribution in [3.63, 3.8) is 0 Å². The summed E-state index contributed by atoms with van der Waals surface area (Å²) in [4.78, 5) is 16.3. The van der Waals surface area contributed by atoms with E-state index < -0.39 is 0 Å². The molecule has 1 aromatic rings. The highest BCUT2D eigenvalue weighted by Gasteiger charge is 2.19. The van der Waals surface area contributed by atoms with Crippen LogP contribution in [-0.4, -0.2) is 40.2 Å². The van der Waals surface area contributed by atoms with E-state index in [-0.39, 0.29) is 18.6 Å². The van der Waals surface area contributed by atoms with E-state index in [0.29, 0.717) is 11.3 Å². The van der Waals surface area contributed by atoms with Gasteiger partial charge in [0.1, 0.15) is 12.3 Å². The van der Waals surface area contributed by atoms with Gasteiger partial charge in [-0.2, -0.15) is 11.8 Å². The number of carbonyl (C=O) groups is 1. The summed E-state index contributed by atoms with van der Waals surface area (Å²) in [6.45, 7) is -0.226. The molecule has 1 fully saturated rings. The number of hydrogen-bond donors (Lipinski definition) is 2. The predicted octanol–water partition coefficient (Wildman–Crippen LogP) is 1.05. The summed E-state index contributed by atoms with van der Waals surface area (Å²) in [5, 5.41) is 11.7. The molecule has 0 spiro atoms. The van der Waals surface area contributed by atoms with Crippen molar-refractivity contribution in [3.8, 4) is 11.8 Å². The molecule has 0 saturated carbocycles. The van der Waals surface area contributed by atoms with Crippen molar-refractivity contribution >= 4 is 17.7 Å². The van der Waals surface area contributed by atoms with Gasteiger partial charge in [0.05, 0.1) is 5.56 Å². The summed E-state index contributed by atoms with van der Waals surface area (Å²) < 4.78 is 0. The number of nitrogens with zero attached hydrogens (tertiary/aromatic N) is 1. The molecule has 4 nitrogen and oxygen atoms in total. The molecule has 0 bridgehead atoms. The molecule has 1 aliphatic rings. The first-order chi connectivity index (χ1) is 9.31. The van der Waals surface area contributed by atoms with Crippen LogP contribution in [0.2, 0.25) is 0 Å². The topological polar surface area (TPSA) is 62.2 Å². The van der Waals surface area contributed by atoms with E-state index in [1.54, 1.807) is 18.3 Å². The zero-order valence-corrected chi connectivity index (χ0v) is 11.4. The highest BCUT2D eigenvalue weighted by atomic mass is 32.2. The Kier molecular flexibility index (Phi) is 5.25. The second-order valence-electron chi connectivity index (χ2n) is 4.22. The lowest BCUT2D eigenvalue weighted by Crippen LogP contribution is -2.38. The van der Waals surface area contributed by atoms with Crippen molar-refractivity contribution in [3.05, 3.63) is 29.6 Å². The summed E-state index contributed by atoms with van der Waals surface area (Å²) in [6, 6.07) is 3.70. The number of aromatic nitrogens is 1. The molecule has 100 valence electrons. The Bertz CT molecular complexity index is 502. The third-order valence-electron chi connectivity index (χ3n) is 2.88. The lowest BCUT2D eigenvalue weighted by Gasteiger charge is -2.22. The van der Waals surface area contributed by atoms with E-state index in [2.05, 4.69) is 22.1 Å². The molecule has 0 radical (unpaired) electrons. The Morgan fingerprint density at radius 1 is 1.53 bits per heavy atom. The number of rotatable bonds is 2. The molecule has 2 N–H and O–H groups in total. The molecule has 2 heterocycles. The summed E-state index contributed by atoms with van der Waals surface area (Å²) >= 11 is 1.92. The van der Waals surface area contributed by atoms with Crippen LogP contribution >= 0.6 is 11.8 Å². The van der Waals surface area contributed by atoms with E-state index >= 15 is 0 Å². The Morgan fingerprint density at radius 3 is 3.05 bits per heavy atom. The van der Waals surface area contributed by atoms with Crippen LogP contribution in [0.3, 0.4) is 0 Å². The number of carbonyl (C=O) groups excluding carboxylic acids is 1. The maximum Gasteiger partial charge on any atom is 0.271 e. The van der Waals surface area contributed by atoms with E-state index in [9.17, 15) is 4.79 Å². The first-order valence-corrected chi connectivity index (χ1v) is 7.40. The molecule has 0 unspecified atom stereocenters. The lowest BCUT2D eigenvalue weighted by atomic mass is 10.1. The van der Waals surface area contributed by atoms with Gasteiger partial charge in [0.2, 0.25) is 0 Å². The fraction of sp³-hybridized carbons (Fsp3) is 0.429. The maximum absolute atomic E-state index is 12.2. The van der Waals surface area contributed by atoms with Gasteiger partial charge >= 0.3 is 0 Å². The largest absolute Gasteiger partial charge is 0.384 e. The first kappa shape index (κ1) is 13.9. The average molecular weight is 276 g/mol. The van der Waals surface area contributed by atoms with Crippen LogP contribution in [0.4, 0.5) is 0 Å². The van der Waals surface area contributed by atoms with E-state index in [4.69, 9.17) is 5.11 Å². The quantitative estimate of drug-likeness (QED) is 0.793. The van der Waals surface area contributed by atoms with Gasteiger partial charge < -0.3 is 10.4 Å². The van der Waals surface area contributed by atoms with Crippen molar-refractivity contribution in [2.24, 2.45) is 0 Å². The Balaban J connectivity index is 2.09. The zero-order valence-electron chi connectivity index (χ0n) is 10.6. The van der Waals surface area contributed by atoms with Crippen LogP contribution in [0.25, 0.3) is 0 Å². The van der Waals surface area contributed by atoms with Crippen LogP contribution in [0.15, 0.2) is 18.3 Å². The van der Waals surface area contributed by atoms with Crippen molar-refractivity contribution in [2.75, 3.05) is 18.1 Å². The van der Waals surface area contributed by atoms with Gasteiger partial charge in [0.15, 0.2) is 0 Å². The van der Waals surface area contributed by atoms with E-state index in [1.807, 2.05) is 11.8 Å². The maximum atomic E-state index is 12.2. The Hall–Kier alpha value is -1.51. The van der Waals surface area contributed by atoms with Gasteiger partial charge in [0.25, 0.3) is 5.91 Å². The van der Waals surface area contributed by atoms with Gasteiger partial charge in [-0.15, -0.1) is 0 Å². The highest BCUT2D eigenvalue weighted by molar-refractivity contribution is 7.99. The standard InChI is InChI=1S/C14H16N2O2S/c17-8-2-4-11-3-1-7-15-13(11)14(18)16-12-5-9-19-10-6-12/h1,3,7,12,17H,5-6,8-10H2,(H,16,18). The SMILES string of the molecule is O=C(NC1CCSCC1)c1ncccc1C#CCO. The number of hydrogen-bond acceptors (Lipinski definition) is 4. The van der Waals surface area contributed by atoms with Crippen molar-refractivity contribution < 1.29 is 9.90 Å². The van der Waals surface area contributed by atoms with Gasteiger partial charge in [-0.25, -0.2) is 4.98 Å². The third kappa shape index (κ3) is 3.98. The normalized spacial score (nSPS) is 15.4. The fourth-order valence-corrected chi connectivity index (χ4v) is 3.02. The van der Waals surface area contributed by atoms with Crippen LogP contribution in [0.1, 0.15) is 28.9 Å². The summed E-state index contributed by atoms with van der Waals surface area (Å²) in [5.74, 6) is 7.29. The lowest BCUT2D eigenvalue weighted by molar-refractivity contribution is 0.0929. The summed E-state index contributed by atoms with van der Waals surface area (Å²) in [7, 11) is 0. The van der Waals surface area contributed by atoms with Crippen molar-refractivity contribution in [1.29, 1.82) is 0 Å². The monoisotopic (exact) mass is 276 g/mol. The average Bonchev–Trinajstić information content (AvgIpc) is 2.46. The van der Waals surface area contributed by atoms with Crippen LogP contribution in [-0.2, 0) is 0 Å². The summed E-state index contributed by atoms with van der Waals surface area (Å²) in [5.41, 5.74) is 0.890. The molecule has 0 atom stereocenters. The minimum atomic E-state index is -0.226. The first-order valence-electron chi connectivity index (χ1n) is 6.24. The molecule has 1 saturated heterocycles. The van der Waals surface area contributed by atoms with Crippen LogP contribution in [0, 0.1) is 11.8 Å². The van der Waals surface area contributed by atoms with Gasteiger partial charge in [0, 0.05) is 12.2 Å². The number of pyridine rings is 1. The molecule has 19 heavy (non-hydrogen) atoms. The highest BCUT2D eigenvalue weighted by Crippen LogP contribution is 2.17. The van der Waals surface area contributed by atoms with E-state index in [0.717, 1.165) is 24.3 Å². The zero-order chi connectivity index (χ0) is 13.5. The second kappa shape index (κ2) is 7.17. The van der Waals surface area contributed by atoms with E-state index in [1.165, 1.54) is 0 Å². The van der Waals surface area contributed by atoms with Crippen molar-refractivity contribution in [2.45, 2.75) is 18.9 Å². The molecule has 5 heteroatoms. The number of aliphatic hydroxyl groups is 1. The molecular weight excluding hydrogens is 260 g/mol.